The number of nitrogens with zero attached hydrogens (tertiary/aromatic N) is 3. The van der Waals surface area contributed by atoms with Crippen LogP contribution in [-0.2, 0) is 10.3 Å². The van der Waals surface area contributed by atoms with Crippen molar-refractivity contribution in [2.75, 3.05) is 7.05 Å². The SMILES string of the molecule is Cc1cc(C2(c3cccc(-c4cnco4)c3)N=C(N)N(C)C2=O)ccc1OC(F)F. The molecule has 3 aromatic rings. The minimum atomic E-state index is -2.95. The average molecular weight is 412 g/mol. The van der Waals surface area contributed by atoms with Crippen molar-refractivity contribution in [3.05, 3.63) is 71.7 Å². The summed E-state index contributed by atoms with van der Waals surface area (Å²) in [7, 11) is 1.53. The van der Waals surface area contributed by atoms with E-state index in [4.69, 9.17) is 10.2 Å². The average Bonchev–Trinajstić information content (AvgIpc) is 3.33. The fourth-order valence-corrected chi connectivity index (χ4v) is 3.54. The van der Waals surface area contributed by atoms with E-state index in [0.29, 0.717) is 28.0 Å². The van der Waals surface area contributed by atoms with Crippen LogP contribution >= 0.6 is 0 Å². The van der Waals surface area contributed by atoms with Gasteiger partial charge in [0.05, 0.1) is 6.20 Å². The first-order valence-corrected chi connectivity index (χ1v) is 9.02. The number of guanidine groups is 1. The van der Waals surface area contributed by atoms with E-state index in [-0.39, 0.29) is 17.6 Å². The van der Waals surface area contributed by atoms with Gasteiger partial charge in [-0.25, -0.2) is 9.98 Å². The van der Waals surface area contributed by atoms with Crippen molar-refractivity contribution in [1.82, 2.24) is 9.88 Å². The first-order chi connectivity index (χ1) is 14.3. The van der Waals surface area contributed by atoms with E-state index < -0.39 is 12.2 Å². The lowest BCUT2D eigenvalue weighted by molar-refractivity contribution is -0.129. The van der Waals surface area contributed by atoms with Gasteiger partial charge in [0, 0.05) is 12.6 Å². The Bertz CT molecular complexity index is 1130. The van der Waals surface area contributed by atoms with E-state index >= 15 is 0 Å². The van der Waals surface area contributed by atoms with E-state index in [9.17, 15) is 13.6 Å². The van der Waals surface area contributed by atoms with Gasteiger partial charge in [-0.2, -0.15) is 8.78 Å². The minimum absolute atomic E-state index is 0.0232. The van der Waals surface area contributed by atoms with Crippen molar-refractivity contribution in [2.24, 2.45) is 10.7 Å². The van der Waals surface area contributed by atoms with Crippen LogP contribution in [-0.4, -0.2) is 35.4 Å². The van der Waals surface area contributed by atoms with E-state index in [2.05, 4.69) is 14.7 Å². The lowest BCUT2D eigenvalue weighted by Crippen LogP contribution is -2.41. The van der Waals surface area contributed by atoms with Gasteiger partial charge in [-0.1, -0.05) is 24.3 Å². The zero-order chi connectivity index (χ0) is 21.5. The number of halogens is 2. The molecule has 0 spiro atoms. The molecule has 0 saturated carbocycles. The van der Waals surface area contributed by atoms with Crippen molar-refractivity contribution in [3.8, 4) is 17.1 Å². The summed E-state index contributed by atoms with van der Waals surface area (Å²) in [6.45, 7) is -1.33. The van der Waals surface area contributed by atoms with Crippen molar-refractivity contribution < 1.29 is 22.7 Å². The van der Waals surface area contributed by atoms with Crippen LogP contribution in [0.4, 0.5) is 8.78 Å². The van der Waals surface area contributed by atoms with E-state index in [0.717, 1.165) is 0 Å². The summed E-state index contributed by atoms with van der Waals surface area (Å²) in [6.07, 6.45) is 2.88. The molecular weight excluding hydrogens is 394 g/mol. The highest BCUT2D eigenvalue weighted by molar-refractivity contribution is 6.09. The number of oxazole rings is 1. The number of aromatic nitrogens is 1. The minimum Gasteiger partial charge on any atom is -0.444 e. The molecule has 1 atom stereocenters. The zero-order valence-corrected chi connectivity index (χ0v) is 16.2. The zero-order valence-electron chi connectivity index (χ0n) is 16.2. The molecule has 9 heteroatoms. The smallest absolute Gasteiger partial charge is 0.387 e. The summed E-state index contributed by atoms with van der Waals surface area (Å²) in [5, 5.41) is 0. The third-order valence-corrected chi connectivity index (χ3v) is 5.05. The molecule has 4 rings (SSSR count). The van der Waals surface area contributed by atoms with Crippen LogP contribution in [0.3, 0.4) is 0 Å². The number of hydrogen-bond acceptors (Lipinski definition) is 6. The highest BCUT2D eigenvalue weighted by Crippen LogP contribution is 2.41. The van der Waals surface area contributed by atoms with Gasteiger partial charge >= 0.3 is 6.61 Å². The maximum absolute atomic E-state index is 13.4. The standard InChI is InChI=1S/C21H18F2N4O3/c1-12-8-15(6-7-16(12)30-19(22)23)21(18(28)27(2)20(24)26-21)14-5-3-4-13(9-14)17-10-25-11-29-17/h3-11,19H,1-2H3,(H2,24,26). The number of likely N-dealkylation sites (N-methyl/N-ethyl adjacent to an activating group) is 1. The van der Waals surface area contributed by atoms with Crippen molar-refractivity contribution in [3.63, 3.8) is 0 Å². The van der Waals surface area contributed by atoms with Gasteiger partial charge in [0.15, 0.2) is 23.7 Å². The number of rotatable bonds is 5. The second kappa shape index (κ2) is 7.25. The Hall–Kier alpha value is -3.75. The molecule has 1 amide bonds. The summed E-state index contributed by atoms with van der Waals surface area (Å²) in [5.41, 5.74) is 6.69. The van der Waals surface area contributed by atoms with Gasteiger partial charge in [-0.05, 0) is 41.8 Å². The molecule has 1 unspecified atom stereocenters. The van der Waals surface area contributed by atoms with Gasteiger partial charge < -0.3 is 14.9 Å². The molecule has 0 radical (unpaired) electrons. The van der Waals surface area contributed by atoms with Crippen LogP contribution in [0.1, 0.15) is 16.7 Å². The Balaban J connectivity index is 1.90. The Morgan fingerprint density at radius 1 is 1.20 bits per heavy atom. The largest absolute Gasteiger partial charge is 0.444 e. The summed E-state index contributed by atoms with van der Waals surface area (Å²) < 4.78 is 35.2. The summed E-state index contributed by atoms with van der Waals surface area (Å²) in [6, 6.07) is 11.7. The predicted octanol–water partition coefficient (Wildman–Crippen LogP) is 3.28. The lowest BCUT2D eigenvalue weighted by Gasteiger charge is -2.27. The number of carbonyl (C=O) groups excluding carboxylic acids is 1. The second-order valence-electron chi connectivity index (χ2n) is 6.85. The van der Waals surface area contributed by atoms with Gasteiger partial charge in [0.25, 0.3) is 5.91 Å². The molecular formula is C21H18F2N4O3. The molecule has 2 heterocycles. The molecule has 0 fully saturated rings. The Morgan fingerprint density at radius 3 is 2.57 bits per heavy atom. The second-order valence-corrected chi connectivity index (χ2v) is 6.85. The van der Waals surface area contributed by atoms with Crippen molar-refractivity contribution in [2.45, 2.75) is 19.1 Å². The number of ether oxygens (including phenoxy) is 1. The molecule has 0 bridgehead atoms. The molecule has 0 saturated heterocycles. The number of aliphatic imine (C=N–C) groups is 1. The summed E-state index contributed by atoms with van der Waals surface area (Å²) >= 11 is 0. The van der Waals surface area contributed by atoms with Crippen LogP contribution in [0.5, 0.6) is 5.75 Å². The van der Waals surface area contributed by atoms with E-state index in [1.54, 1.807) is 43.5 Å². The molecule has 2 aromatic carbocycles. The molecule has 7 nitrogen and oxygen atoms in total. The maximum Gasteiger partial charge on any atom is 0.387 e. The van der Waals surface area contributed by atoms with Gasteiger partial charge in [-0.15, -0.1) is 0 Å². The van der Waals surface area contributed by atoms with Crippen LogP contribution in [0.25, 0.3) is 11.3 Å². The van der Waals surface area contributed by atoms with Gasteiger partial charge in [-0.3, -0.25) is 9.69 Å². The number of carbonyl (C=O) groups is 1. The molecule has 1 aliphatic rings. The first-order valence-electron chi connectivity index (χ1n) is 9.02. The molecule has 2 N–H and O–H groups in total. The third kappa shape index (κ3) is 3.08. The number of amides is 1. The number of aryl methyl sites for hydroxylation is 1. The van der Waals surface area contributed by atoms with Gasteiger partial charge in [0.1, 0.15) is 5.75 Å². The molecule has 1 aliphatic heterocycles. The van der Waals surface area contributed by atoms with Crippen molar-refractivity contribution >= 4 is 11.9 Å². The van der Waals surface area contributed by atoms with Crippen LogP contribution in [0.2, 0.25) is 0 Å². The van der Waals surface area contributed by atoms with E-state index in [1.165, 1.54) is 24.4 Å². The van der Waals surface area contributed by atoms with Crippen LogP contribution in [0, 0.1) is 6.92 Å². The molecule has 0 aliphatic carbocycles. The lowest BCUT2D eigenvalue weighted by atomic mass is 9.81. The predicted molar refractivity (Wildman–Crippen MR) is 105 cm³/mol. The number of alkyl halides is 2. The van der Waals surface area contributed by atoms with Gasteiger partial charge in [0.2, 0.25) is 0 Å². The van der Waals surface area contributed by atoms with Crippen LogP contribution < -0.4 is 10.5 Å². The van der Waals surface area contributed by atoms with Crippen molar-refractivity contribution in [1.29, 1.82) is 0 Å². The summed E-state index contributed by atoms with van der Waals surface area (Å²) in [4.78, 5) is 23.1. The topological polar surface area (TPSA) is 94.0 Å². The first kappa shape index (κ1) is 19.6. The third-order valence-electron chi connectivity index (χ3n) is 5.05. The Labute approximate surface area is 170 Å². The number of benzene rings is 2. The highest BCUT2D eigenvalue weighted by atomic mass is 19.3. The molecule has 154 valence electrons. The quantitative estimate of drug-likeness (QED) is 0.694. The molecule has 30 heavy (non-hydrogen) atoms. The van der Waals surface area contributed by atoms with E-state index in [1.807, 2.05) is 6.07 Å². The highest BCUT2D eigenvalue weighted by Gasteiger charge is 2.49. The Morgan fingerprint density at radius 2 is 1.97 bits per heavy atom. The maximum atomic E-state index is 13.4. The van der Waals surface area contributed by atoms with Crippen LogP contribution in [0.15, 0.2) is 64.5 Å². The monoisotopic (exact) mass is 412 g/mol. The number of nitrogens with two attached hydrogens (primary N) is 1. The molecule has 1 aromatic heterocycles. The fraction of sp³-hybridized carbons (Fsp3) is 0.190. The Kier molecular flexibility index (Phi) is 4.73. The number of hydrogen-bond donors (Lipinski definition) is 1. The fourth-order valence-electron chi connectivity index (χ4n) is 3.54. The normalized spacial score (nSPS) is 18.8. The summed E-state index contributed by atoms with van der Waals surface area (Å²) in [5.74, 6) is 0.238.